The molecule has 4 nitrogen and oxygen atoms in total. The normalized spacial score (nSPS) is 13.6. The van der Waals surface area contributed by atoms with Crippen LogP contribution in [0.15, 0.2) is 29.2 Å². The van der Waals surface area contributed by atoms with E-state index in [1.807, 2.05) is 13.0 Å². The highest BCUT2D eigenvalue weighted by Gasteiger charge is 2.20. The lowest BCUT2D eigenvalue weighted by Gasteiger charge is -2.16. The fraction of sp³-hybridized carbons (Fsp3) is 0.500. The highest BCUT2D eigenvalue weighted by Crippen LogP contribution is 2.14. The lowest BCUT2D eigenvalue weighted by Crippen LogP contribution is -2.37. The summed E-state index contributed by atoms with van der Waals surface area (Å²) < 4.78 is 31.9. The molecule has 1 atom stereocenters. The van der Waals surface area contributed by atoms with Gasteiger partial charge in [0, 0.05) is 13.2 Å². The Bertz CT molecular complexity index is 457. The van der Waals surface area contributed by atoms with Gasteiger partial charge in [-0.25, -0.2) is 13.1 Å². The Morgan fingerprint density at radius 2 is 2.00 bits per heavy atom. The molecule has 0 amide bonds. The van der Waals surface area contributed by atoms with Crippen LogP contribution >= 0.6 is 0 Å². The number of methoxy groups -OCH3 is 1. The van der Waals surface area contributed by atoms with Crippen molar-refractivity contribution in [1.82, 2.24) is 4.72 Å². The molecule has 0 fully saturated rings. The second-order valence-electron chi connectivity index (χ2n) is 3.95. The first-order valence-electron chi connectivity index (χ1n) is 5.58. The zero-order chi connectivity index (χ0) is 12.9. The molecule has 17 heavy (non-hydrogen) atoms. The molecule has 1 aromatic carbocycles. The smallest absolute Gasteiger partial charge is 0.241 e. The number of nitrogens with one attached hydrogen (secondary N) is 1. The quantitative estimate of drug-likeness (QED) is 0.844. The van der Waals surface area contributed by atoms with Crippen LogP contribution in [0, 0.1) is 6.92 Å². The summed E-state index contributed by atoms with van der Waals surface area (Å²) in [6, 6.07) is 6.74. The fourth-order valence-electron chi connectivity index (χ4n) is 1.58. The van der Waals surface area contributed by atoms with Gasteiger partial charge < -0.3 is 4.74 Å². The van der Waals surface area contributed by atoms with Crippen molar-refractivity contribution in [1.29, 1.82) is 0 Å². The van der Waals surface area contributed by atoms with Crippen LogP contribution in [0.3, 0.4) is 0 Å². The van der Waals surface area contributed by atoms with Crippen molar-refractivity contribution in [3.8, 4) is 0 Å². The van der Waals surface area contributed by atoms with Crippen LogP contribution in [0.5, 0.6) is 0 Å². The van der Waals surface area contributed by atoms with E-state index in [0.29, 0.717) is 17.9 Å². The van der Waals surface area contributed by atoms with E-state index in [1.165, 1.54) is 0 Å². The molecule has 1 N–H and O–H groups in total. The minimum atomic E-state index is -3.45. The van der Waals surface area contributed by atoms with Crippen LogP contribution in [0.1, 0.15) is 18.9 Å². The number of sulfonamides is 1. The maximum absolute atomic E-state index is 12.1. The van der Waals surface area contributed by atoms with E-state index in [2.05, 4.69) is 4.72 Å². The minimum absolute atomic E-state index is 0.190. The molecule has 0 saturated heterocycles. The van der Waals surface area contributed by atoms with Crippen molar-refractivity contribution < 1.29 is 13.2 Å². The first-order valence-corrected chi connectivity index (χ1v) is 7.06. The number of aryl methyl sites for hydroxylation is 1. The molecule has 0 spiro atoms. The maximum Gasteiger partial charge on any atom is 0.241 e. The van der Waals surface area contributed by atoms with Gasteiger partial charge in [-0.2, -0.15) is 0 Å². The van der Waals surface area contributed by atoms with Gasteiger partial charge in [0.25, 0.3) is 0 Å². The number of rotatable bonds is 6. The highest BCUT2D eigenvalue weighted by molar-refractivity contribution is 7.89. The monoisotopic (exact) mass is 257 g/mol. The first kappa shape index (κ1) is 14.2. The van der Waals surface area contributed by atoms with Gasteiger partial charge in [-0.15, -0.1) is 0 Å². The lowest BCUT2D eigenvalue weighted by molar-refractivity contribution is 0.173. The van der Waals surface area contributed by atoms with Crippen molar-refractivity contribution in [3.05, 3.63) is 29.8 Å². The highest BCUT2D eigenvalue weighted by atomic mass is 32.2. The van der Waals surface area contributed by atoms with Gasteiger partial charge in [0.05, 0.1) is 11.5 Å². The van der Waals surface area contributed by atoms with Crippen LogP contribution in [-0.4, -0.2) is 28.2 Å². The minimum Gasteiger partial charge on any atom is -0.383 e. The summed E-state index contributed by atoms with van der Waals surface area (Å²) in [5, 5.41) is 0. The Hall–Kier alpha value is -0.910. The van der Waals surface area contributed by atoms with Crippen LogP contribution in [-0.2, 0) is 14.8 Å². The number of hydrogen-bond acceptors (Lipinski definition) is 3. The van der Waals surface area contributed by atoms with Gasteiger partial charge in [0.15, 0.2) is 0 Å². The topological polar surface area (TPSA) is 55.4 Å². The summed E-state index contributed by atoms with van der Waals surface area (Å²) in [5.74, 6) is 0. The molecule has 0 heterocycles. The molecular weight excluding hydrogens is 238 g/mol. The van der Waals surface area contributed by atoms with E-state index >= 15 is 0 Å². The van der Waals surface area contributed by atoms with E-state index in [0.717, 1.165) is 5.56 Å². The third-order valence-corrected chi connectivity index (χ3v) is 4.25. The molecule has 1 aromatic rings. The molecule has 0 saturated carbocycles. The summed E-state index contributed by atoms with van der Waals surface area (Å²) in [5.41, 5.74) is 0.743. The first-order chi connectivity index (χ1) is 8.01. The summed E-state index contributed by atoms with van der Waals surface area (Å²) in [7, 11) is -1.89. The fourth-order valence-corrected chi connectivity index (χ4v) is 3.13. The predicted molar refractivity (Wildman–Crippen MR) is 67.5 cm³/mol. The van der Waals surface area contributed by atoms with E-state index in [4.69, 9.17) is 4.74 Å². The Morgan fingerprint density at radius 3 is 2.53 bits per heavy atom. The van der Waals surface area contributed by atoms with E-state index in [-0.39, 0.29) is 6.04 Å². The van der Waals surface area contributed by atoms with Crippen LogP contribution < -0.4 is 4.72 Å². The molecule has 0 aliphatic heterocycles. The van der Waals surface area contributed by atoms with Gasteiger partial charge in [-0.3, -0.25) is 0 Å². The number of benzene rings is 1. The molecule has 0 aliphatic rings. The van der Waals surface area contributed by atoms with Crippen molar-refractivity contribution in [2.24, 2.45) is 0 Å². The maximum atomic E-state index is 12.1. The average Bonchev–Trinajstić information content (AvgIpc) is 2.28. The molecule has 1 unspecified atom stereocenters. The van der Waals surface area contributed by atoms with Crippen molar-refractivity contribution in [3.63, 3.8) is 0 Å². The summed E-state index contributed by atoms with van der Waals surface area (Å²) in [6.45, 7) is 4.08. The average molecular weight is 257 g/mol. The zero-order valence-electron chi connectivity index (χ0n) is 10.4. The van der Waals surface area contributed by atoms with Gasteiger partial charge >= 0.3 is 0 Å². The van der Waals surface area contributed by atoms with Crippen LogP contribution in [0.2, 0.25) is 0 Å². The van der Waals surface area contributed by atoms with Crippen molar-refractivity contribution >= 4 is 10.0 Å². The van der Waals surface area contributed by atoms with E-state index in [1.54, 1.807) is 32.2 Å². The van der Waals surface area contributed by atoms with E-state index in [9.17, 15) is 8.42 Å². The van der Waals surface area contributed by atoms with Gasteiger partial charge in [0.2, 0.25) is 10.0 Å². The molecule has 0 bridgehead atoms. The van der Waals surface area contributed by atoms with Gasteiger partial charge in [-0.1, -0.05) is 25.1 Å². The standard InChI is InChI=1S/C12H19NO3S/c1-4-11(9-16-3)13-17(14,15)12-8-6-5-7-10(12)2/h5-8,11,13H,4,9H2,1-3H3. The van der Waals surface area contributed by atoms with Crippen LogP contribution in [0.25, 0.3) is 0 Å². The Kier molecular flexibility index (Phi) is 5.11. The molecule has 96 valence electrons. The Morgan fingerprint density at radius 1 is 1.35 bits per heavy atom. The second kappa shape index (κ2) is 6.14. The predicted octanol–water partition coefficient (Wildman–Crippen LogP) is 1.70. The van der Waals surface area contributed by atoms with Crippen LogP contribution in [0.4, 0.5) is 0 Å². The summed E-state index contributed by atoms with van der Waals surface area (Å²) >= 11 is 0. The number of hydrogen-bond donors (Lipinski definition) is 1. The molecule has 0 radical (unpaired) electrons. The molecule has 1 rings (SSSR count). The SMILES string of the molecule is CCC(COC)NS(=O)(=O)c1ccccc1C. The second-order valence-corrected chi connectivity index (χ2v) is 5.63. The lowest BCUT2D eigenvalue weighted by atomic mass is 10.2. The Balaban J connectivity index is 2.92. The number of ether oxygens (including phenoxy) is 1. The zero-order valence-corrected chi connectivity index (χ0v) is 11.3. The molecule has 5 heteroatoms. The Labute approximate surface area is 103 Å². The summed E-state index contributed by atoms with van der Waals surface area (Å²) in [6.07, 6.45) is 0.693. The third kappa shape index (κ3) is 3.80. The molecule has 0 aliphatic carbocycles. The van der Waals surface area contributed by atoms with Gasteiger partial charge in [-0.05, 0) is 25.0 Å². The summed E-state index contributed by atoms with van der Waals surface area (Å²) in [4.78, 5) is 0.328. The van der Waals surface area contributed by atoms with Crippen molar-refractivity contribution in [2.75, 3.05) is 13.7 Å². The molecular formula is C12H19NO3S. The van der Waals surface area contributed by atoms with Crippen molar-refractivity contribution in [2.45, 2.75) is 31.2 Å². The van der Waals surface area contributed by atoms with Gasteiger partial charge in [0.1, 0.15) is 0 Å². The molecule has 0 aromatic heterocycles. The largest absolute Gasteiger partial charge is 0.383 e. The third-order valence-electron chi connectivity index (χ3n) is 2.57. The van der Waals surface area contributed by atoms with E-state index < -0.39 is 10.0 Å².